The molecule has 4 heterocycles. The number of piperidine rings is 1. The number of hydrogen-bond donors (Lipinski definition) is 0. The number of pyridine rings is 1. The van der Waals surface area contributed by atoms with Crippen molar-refractivity contribution >= 4 is 11.6 Å². The van der Waals surface area contributed by atoms with Gasteiger partial charge in [-0.2, -0.15) is 4.98 Å². The zero-order chi connectivity index (χ0) is 24.4. The quantitative estimate of drug-likeness (QED) is 0.543. The van der Waals surface area contributed by atoms with Crippen molar-refractivity contribution < 1.29 is 13.9 Å². The number of amides is 1. The highest BCUT2D eigenvalue weighted by atomic mass is 19.1. The molecule has 0 saturated carbocycles. The predicted molar refractivity (Wildman–Crippen MR) is 130 cm³/mol. The molecule has 0 spiro atoms. The van der Waals surface area contributed by atoms with E-state index in [4.69, 9.17) is 4.74 Å². The van der Waals surface area contributed by atoms with Crippen molar-refractivity contribution in [1.82, 2.24) is 19.4 Å². The number of nitrogens with zero attached hydrogens (tertiary/aromatic N) is 5. The van der Waals surface area contributed by atoms with Crippen LogP contribution in [-0.4, -0.2) is 51.1 Å². The van der Waals surface area contributed by atoms with Crippen molar-refractivity contribution in [3.8, 4) is 17.3 Å². The van der Waals surface area contributed by atoms with E-state index in [1.807, 2.05) is 4.90 Å². The average Bonchev–Trinajstić information content (AvgIpc) is 3.27. The summed E-state index contributed by atoms with van der Waals surface area (Å²) in [5, 5.41) is 0. The SMILES string of the molecule is Cn1c(OC2CCN(c3ccc(CN4CCCC4=O)cc3)CC2)nc(-c2ccncc2F)cc1=O. The number of ether oxygens (including phenoxy) is 1. The fourth-order valence-electron chi connectivity index (χ4n) is 4.63. The Morgan fingerprint density at radius 2 is 1.86 bits per heavy atom. The molecule has 5 rings (SSSR count). The van der Waals surface area contributed by atoms with Gasteiger partial charge in [0.2, 0.25) is 5.91 Å². The maximum absolute atomic E-state index is 14.2. The maximum atomic E-state index is 14.2. The fourth-order valence-corrected chi connectivity index (χ4v) is 4.63. The number of halogens is 1. The summed E-state index contributed by atoms with van der Waals surface area (Å²) in [4.78, 5) is 36.7. The van der Waals surface area contributed by atoms with Crippen molar-refractivity contribution in [2.75, 3.05) is 24.5 Å². The number of likely N-dealkylation sites (tertiary alicyclic amines) is 1. The Morgan fingerprint density at radius 1 is 1.09 bits per heavy atom. The summed E-state index contributed by atoms with van der Waals surface area (Å²) in [6, 6.07) is 11.4. The summed E-state index contributed by atoms with van der Waals surface area (Å²) in [6.07, 6.45) is 5.62. The Balaban J connectivity index is 1.21. The predicted octanol–water partition coefficient (Wildman–Crippen LogP) is 3.15. The summed E-state index contributed by atoms with van der Waals surface area (Å²) in [6.45, 7) is 3.13. The lowest BCUT2D eigenvalue weighted by Crippen LogP contribution is -2.39. The number of carbonyl (C=O) groups is 1. The highest BCUT2D eigenvalue weighted by Crippen LogP contribution is 2.25. The van der Waals surface area contributed by atoms with Crippen LogP contribution in [0.15, 0.2) is 53.6 Å². The van der Waals surface area contributed by atoms with Gasteiger partial charge in [-0.05, 0) is 30.2 Å². The zero-order valence-corrected chi connectivity index (χ0v) is 19.7. The Labute approximate surface area is 203 Å². The summed E-state index contributed by atoms with van der Waals surface area (Å²) < 4.78 is 21.6. The number of rotatable bonds is 6. The van der Waals surface area contributed by atoms with Crippen LogP contribution in [-0.2, 0) is 18.4 Å². The highest BCUT2D eigenvalue weighted by Gasteiger charge is 2.24. The van der Waals surface area contributed by atoms with Crippen LogP contribution in [0.5, 0.6) is 6.01 Å². The monoisotopic (exact) mass is 477 g/mol. The maximum Gasteiger partial charge on any atom is 0.299 e. The minimum atomic E-state index is -0.537. The summed E-state index contributed by atoms with van der Waals surface area (Å²) in [5.41, 5.74) is 2.42. The van der Waals surface area contributed by atoms with Crippen LogP contribution < -0.4 is 15.2 Å². The molecule has 0 aliphatic carbocycles. The molecule has 2 aliphatic rings. The van der Waals surface area contributed by atoms with E-state index < -0.39 is 5.82 Å². The Kier molecular flexibility index (Phi) is 6.48. The molecule has 2 aliphatic heterocycles. The van der Waals surface area contributed by atoms with Crippen molar-refractivity contribution in [1.29, 1.82) is 0 Å². The normalized spacial score (nSPS) is 16.7. The second-order valence-corrected chi connectivity index (χ2v) is 9.07. The van der Waals surface area contributed by atoms with Crippen LogP contribution in [0, 0.1) is 5.82 Å². The van der Waals surface area contributed by atoms with Crippen LogP contribution in [0.1, 0.15) is 31.2 Å². The molecule has 2 saturated heterocycles. The van der Waals surface area contributed by atoms with Gasteiger partial charge in [-0.1, -0.05) is 12.1 Å². The third kappa shape index (κ3) is 5.03. The lowest BCUT2D eigenvalue weighted by atomic mass is 10.1. The van der Waals surface area contributed by atoms with Crippen molar-refractivity contribution in [3.05, 3.63) is 70.5 Å². The van der Waals surface area contributed by atoms with Crippen LogP contribution >= 0.6 is 0 Å². The fraction of sp³-hybridized carbons (Fsp3) is 0.385. The van der Waals surface area contributed by atoms with E-state index >= 15 is 0 Å². The van der Waals surface area contributed by atoms with E-state index in [1.165, 1.54) is 22.9 Å². The van der Waals surface area contributed by atoms with E-state index in [0.29, 0.717) is 13.0 Å². The summed E-state index contributed by atoms with van der Waals surface area (Å²) >= 11 is 0. The summed E-state index contributed by atoms with van der Waals surface area (Å²) in [5.74, 6) is -0.301. The summed E-state index contributed by atoms with van der Waals surface area (Å²) in [7, 11) is 1.60. The van der Waals surface area contributed by atoms with Gasteiger partial charge in [-0.25, -0.2) is 4.39 Å². The first-order chi connectivity index (χ1) is 17.0. The first-order valence-corrected chi connectivity index (χ1v) is 11.9. The first kappa shape index (κ1) is 23.0. The average molecular weight is 478 g/mol. The molecule has 0 N–H and O–H groups in total. The molecule has 1 aromatic carbocycles. The lowest BCUT2D eigenvalue weighted by Gasteiger charge is -2.33. The van der Waals surface area contributed by atoms with Gasteiger partial charge in [-0.15, -0.1) is 0 Å². The highest BCUT2D eigenvalue weighted by molar-refractivity contribution is 5.78. The van der Waals surface area contributed by atoms with E-state index in [2.05, 4.69) is 39.1 Å². The molecule has 2 fully saturated rings. The third-order valence-corrected chi connectivity index (χ3v) is 6.70. The van der Waals surface area contributed by atoms with Gasteiger partial charge in [0.15, 0.2) is 5.82 Å². The largest absolute Gasteiger partial charge is 0.461 e. The Hall–Kier alpha value is -3.75. The molecule has 3 aromatic rings. The van der Waals surface area contributed by atoms with Gasteiger partial charge >= 0.3 is 0 Å². The number of carbonyl (C=O) groups excluding carboxylic acids is 1. The van der Waals surface area contributed by atoms with Crippen molar-refractivity contribution in [2.24, 2.45) is 7.05 Å². The minimum Gasteiger partial charge on any atom is -0.461 e. The van der Waals surface area contributed by atoms with Gasteiger partial charge in [0.1, 0.15) is 6.10 Å². The molecule has 182 valence electrons. The Morgan fingerprint density at radius 3 is 2.54 bits per heavy atom. The lowest BCUT2D eigenvalue weighted by molar-refractivity contribution is -0.128. The first-order valence-electron chi connectivity index (χ1n) is 11.9. The number of hydrogen-bond acceptors (Lipinski definition) is 6. The van der Waals surface area contributed by atoms with Crippen LogP contribution in [0.3, 0.4) is 0 Å². The Bertz CT molecular complexity index is 1270. The second-order valence-electron chi connectivity index (χ2n) is 9.07. The second kappa shape index (κ2) is 9.85. The van der Waals surface area contributed by atoms with Crippen molar-refractivity contribution in [2.45, 2.75) is 38.3 Å². The molecular weight excluding hydrogens is 449 g/mol. The molecule has 1 amide bonds. The van der Waals surface area contributed by atoms with Gasteiger partial charge in [0.05, 0.1) is 11.9 Å². The molecule has 35 heavy (non-hydrogen) atoms. The molecule has 9 heteroatoms. The third-order valence-electron chi connectivity index (χ3n) is 6.70. The molecule has 8 nitrogen and oxygen atoms in total. The van der Waals surface area contributed by atoms with Crippen molar-refractivity contribution in [3.63, 3.8) is 0 Å². The van der Waals surface area contributed by atoms with E-state index in [9.17, 15) is 14.0 Å². The van der Waals surface area contributed by atoms with Crippen LogP contribution in [0.4, 0.5) is 10.1 Å². The standard InChI is InChI=1S/C26H28FN5O3/c1-30-25(34)15-23(21-8-11-28-16-22(21)27)29-26(30)35-20-9-13-31(14-10-20)19-6-4-18(5-7-19)17-32-12-2-3-24(32)33/h4-8,11,15-16,20H,2-3,9-10,12-14,17H2,1H3. The van der Waals surface area contributed by atoms with Gasteiger partial charge in [-0.3, -0.25) is 19.1 Å². The number of anilines is 1. The smallest absolute Gasteiger partial charge is 0.299 e. The number of aromatic nitrogens is 3. The minimum absolute atomic E-state index is 0.0951. The topological polar surface area (TPSA) is 80.6 Å². The molecule has 2 aromatic heterocycles. The van der Waals surface area contributed by atoms with Gasteiger partial charge in [0, 0.05) is 76.0 Å². The molecule has 0 unspecified atom stereocenters. The number of benzene rings is 1. The van der Waals surface area contributed by atoms with Crippen LogP contribution in [0.25, 0.3) is 11.3 Å². The van der Waals surface area contributed by atoms with E-state index in [0.717, 1.165) is 56.3 Å². The molecule has 0 bridgehead atoms. The molecule has 0 radical (unpaired) electrons. The van der Waals surface area contributed by atoms with E-state index in [1.54, 1.807) is 7.05 Å². The van der Waals surface area contributed by atoms with Crippen LogP contribution in [0.2, 0.25) is 0 Å². The van der Waals surface area contributed by atoms with Gasteiger partial charge < -0.3 is 14.5 Å². The zero-order valence-electron chi connectivity index (χ0n) is 19.7. The van der Waals surface area contributed by atoms with E-state index in [-0.39, 0.29) is 34.8 Å². The molecule has 0 atom stereocenters. The van der Waals surface area contributed by atoms with Gasteiger partial charge in [0.25, 0.3) is 11.6 Å². The molecular formula is C26H28FN5O3.